The zero-order chi connectivity index (χ0) is 12.1. The molecule has 0 aliphatic carbocycles. The molecule has 0 aliphatic heterocycles. The number of rotatable bonds is 3. The predicted octanol–water partition coefficient (Wildman–Crippen LogP) is 2.07. The van der Waals surface area contributed by atoms with Crippen molar-refractivity contribution < 1.29 is 9.53 Å². The lowest BCUT2D eigenvalue weighted by atomic mass is 10.2. The van der Waals surface area contributed by atoms with E-state index in [2.05, 4.69) is 10.1 Å². The fourth-order valence-electron chi connectivity index (χ4n) is 1.28. The van der Waals surface area contributed by atoms with Crippen LogP contribution in [0.25, 0.3) is 0 Å². The van der Waals surface area contributed by atoms with Crippen LogP contribution in [0.2, 0.25) is 0 Å². The van der Waals surface area contributed by atoms with Gasteiger partial charge in [-0.1, -0.05) is 6.07 Å². The Kier molecular flexibility index (Phi) is 3.94. The number of methoxy groups -OCH3 is 1. The lowest BCUT2D eigenvalue weighted by Gasteiger charge is -2.09. The molecule has 4 heteroatoms. The van der Waals surface area contributed by atoms with E-state index in [1.807, 2.05) is 25.1 Å². The minimum atomic E-state index is -0.393. The number of allylic oxidation sites excluding steroid dienone is 1. The third-order valence-electron chi connectivity index (χ3n) is 2.07. The molecule has 0 bridgehead atoms. The summed E-state index contributed by atoms with van der Waals surface area (Å²) in [7, 11) is 1.34. The Hall–Kier alpha value is -1.97. The zero-order valence-electron chi connectivity index (χ0n) is 9.70. The van der Waals surface area contributed by atoms with Crippen LogP contribution in [0.3, 0.4) is 0 Å². The summed E-state index contributed by atoms with van der Waals surface area (Å²) in [5.74, 6) is -0.393. The molecule has 0 saturated carbocycles. The van der Waals surface area contributed by atoms with Crippen LogP contribution in [0, 0.1) is 6.92 Å². The molecule has 0 aliphatic rings. The van der Waals surface area contributed by atoms with Gasteiger partial charge < -0.3 is 15.8 Å². The van der Waals surface area contributed by atoms with E-state index in [-0.39, 0.29) is 0 Å². The van der Waals surface area contributed by atoms with Crippen LogP contribution in [0.15, 0.2) is 30.0 Å². The van der Waals surface area contributed by atoms with Crippen LogP contribution in [-0.2, 0) is 9.53 Å². The molecule has 0 saturated heterocycles. The summed E-state index contributed by atoms with van der Waals surface area (Å²) >= 11 is 0. The number of ether oxygens (including phenoxy) is 1. The largest absolute Gasteiger partial charge is 0.466 e. The van der Waals surface area contributed by atoms with Crippen LogP contribution in [0.1, 0.15) is 12.5 Å². The van der Waals surface area contributed by atoms with Crippen LogP contribution in [0.5, 0.6) is 0 Å². The van der Waals surface area contributed by atoms with E-state index < -0.39 is 5.97 Å². The Morgan fingerprint density at radius 1 is 1.50 bits per heavy atom. The van der Waals surface area contributed by atoms with Crippen molar-refractivity contribution in [1.82, 2.24) is 0 Å². The Morgan fingerprint density at radius 3 is 2.75 bits per heavy atom. The van der Waals surface area contributed by atoms with Crippen molar-refractivity contribution in [3.63, 3.8) is 0 Å². The second-order valence-electron chi connectivity index (χ2n) is 3.57. The molecule has 1 aromatic rings. The lowest BCUT2D eigenvalue weighted by molar-refractivity contribution is -0.134. The van der Waals surface area contributed by atoms with E-state index in [1.54, 1.807) is 6.92 Å². The van der Waals surface area contributed by atoms with Crippen LogP contribution >= 0.6 is 0 Å². The maximum Gasteiger partial charge on any atom is 0.332 e. The first-order valence-electron chi connectivity index (χ1n) is 4.92. The average Bonchev–Trinajstić information content (AvgIpc) is 2.22. The summed E-state index contributed by atoms with van der Waals surface area (Å²) in [4.78, 5) is 11.0. The van der Waals surface area contributed by atoms with Crippen molar-refractivity contribution in [1.29, 1.82) is 0 Å². The van der Waals surface area contributed by atoms with E-state index in [0.29, 0.717) is 11.4 Å². The highest BCUT2D eigenvalue weighted by Crippen LogP contribution is 2.20. The lowest BCUT2D eigenvalue weighted by Crippen LogP contribution is -2.04. The van der Waals surface area contributed by atoms with Gasteiger partial charge in [-0.3, -0.25) is 0 Å². The van der Waals surface area contributed by atoms with Gasteiger partial charge in [0.2, 0.25) is 0 Å². The van der Waals surface area contributed by atoms with Gasteiger partial charge in [-0.05, 0) is 31.5 Å². The van der Waals surface area contributed by atoms with E-state index in [1.165, 1.54) is 13.2 Å². The molecule has 0 unspecified atom stereocenters. The monoisotopic (exact) mass is 220 g/mol. The highest BCUT2D eigenvalue weighted by Gasteiger charge is 2.01. The predicted molar refractivity (Wildman–Crippen MR) is 65.0 cm³/mol. The minimum absolute atomic E-state index is 0.393. The van der Waals surface area contributed by atoms with Gasteiger partial charge in [-0.2, -0.15) is 0 Å². The van der Waals surface area contributed by atoms with Crippen LogP contribution < -0.4 is 11.1 Å². The van der Waals surface area contributed by atoms with Gasteiger partial charge in [-0.25, -0.2) is 4.79 Å². The molecule has 0 aromatic heterocycles. The molecule has 1 aromatic carbocycles. The standard InChI is InChI=1S/C12H16N2O2/c1-8-4-5-11(10(13)6-8)14-9(2)7-12(15)16-3/h4-7,14H,13H2,1-3H3/b9-7+. The summed E-state index contributed by atoms with van der Waals surface area (Å²) in [5, 5.41) is 3.04. The summed E-state index contributed by atoms with van der Waals surface area (Å²) in [6.45, 7) is 3.74. The smallest absolute Gasteiger partial charge is 0.332 e. The molecule has 0 atom stereocenters. The average molecular weight is 220 g/mol. The third kappa shape index (κ3) is 3.31. The summed E-state index contributed by atoms with van der Waals surface area (Å²) in [6.07, 6.45) is 1.37. The molecule has 1 rings (SSSR count). The SMILES string of the molecule is COC(=O)/C=C(\C)Nc1ccc(C)cc1N. The summed E-state index contributed by atoms with van der Waals surface area (Å²) in [5.41, 5.74) is 9.04. The second-order valence-corrected chi connectivity index (χ2v) is 3.57. The van der Waals surface area contributed by atoms with Gasteiger partial charge in [-0.15, -0.1) is 0 Å². The van der Waals surface area contributed by atoms with Crippen molar-refractivity contribution in [3.8, 4) is 0 Å². The number of benzene rings is 1. The highest BCUT2D eigenvalue weighted by atomic mass is 16.5. The number of hydrogen-bond acceptors (Lipinski definition) is 4. The van der Waals surface area contributed by atoms with Gasteiger partial charge in [0.1, 0.15) is 0 Å². The van der Waals surface area contributed by atoms with Crippen LogP contribution in [-0.4, -0.2) is 13.1 Å². The number of anilines is 2. The van der Waals surface area contributed by atoms with Crippen molar-refractivity contribution in [2.45, 2.75) is 13.8 Å². The van der Waals surface area contributed by atoms with E-state index in [9.17, 15) is 4.79 Å². The van der Waals surface area contributed by atoms with Crippen molar-refractivity contribution in [2.24, 2.45) is 0 Å². The fraction of sp³-hybridized carbons (Fsp3) is 0.250. The molecule has 0 radical (unpaired) electrons. The molecule has 86 valence electrons. The molecular formula is C12H16N2O2. The number of carbonyl (C=O) groups excluding carboxylic acids is 1. The Morgan fingerprint density at radius 2 is 2.19 bits per heavy atom. The summed E-state index contributed by atoms with van der Waals surface area (Å²) < 4.78 is 4.52. The minimum Gasteiger partial charge on any atom is -0.466 e. The quantitative estimate of drug-likeness (QED) is 0.465. The maximum absolute atomic E-state index is 11.0. The number of esters is 1. The zero-order valence-corrected chi connectivity index (χ0v) is 9.70. The van der Waals surface area contributed by atoms with Gasteiger partial charge in [0.25, 0.3) is 0 Å². The Bertz CT molecular complexity index is 425. The molecule has 0 heterocycles. The first kappa shape index (κ1) is 12.1. The van der Waals surface area contributed by atoms with Gasteiger partial charge in [0.05, 0.1) is 18.5 Å². The second kappa shape index (κ2) is 5.21. The molecule has 3 N–H and O–H groups in total. The highest BCUT2D eigenvalue weighted by molar-refractivity contribution is 5.83. The normalized spacial score (nSPS) is 11.1. The molecule has 0 spiro atoms. The van der Waals surface area contributed by atoms with Gasteiger partial charge in [0, 0.05) is 11.8 Å². The van der Waals surface area contributed by atoms with E-state index in [0.717, 1.165) is 11.3 Å². The van der Waals surface area contributed by atoms with Gasteiger partial charge >= 0.3 is 5.97 Å². The number of hydrogen-bond donors (Lipinski definition) is 2. The van der Waals surface area contributed by atoms with Crippen molar-refractivity contribution in [3.05, 3.63) is 35.5 Å². The number of nitrogen functional groups attached to an aromatic ring is 1. The number of nitrogens with two attached hydrogens (primary N) is 1. The molecule has 16 heavy (non-hydrogen) atoms. The van der Waals surface area contributed by atoms with Gasteiger partial charge in [0.15, 0.2) is 0 Å². The van der Waals surface area contributed by atoms with E-state index >= 15 is 0 Å². The number of carbonyl (C=O) groups is 1. The maximum atomic E-state index is 11.0. The van der Waals surface area contributed by atoms with Crippen molar-refractivity contribution >= 4 is 17.3 Å². The molecule has 0 amide bonds. The van der Waals surface area contributed by atoms with Crippen LogP contribution in [0.4, 0.5) is 11.4 Å². The third-order valence-corrected chi connectivity index (χ3v) is 2.07. The Labute approximate surface area is 95.1 Å². The first-order chi connectivity index (χ1) is 7.52. The molecular weight excluding hydrogens is 204 g/mol. The number of nitrogens with one attached hydrogen (secondary N) is 1. The Balaban J connectivity index is 2.81. The van der Waals surface area contributed by atoms with E-state index in [4.69, 9.17) is 5.73 Å². The summed E-state index contributed by atoms with van der Waals surface area (Å²) in [6, 6.07) is 5.69. The molecule has 0 fully saturated rings. The molecule has 4 nitrogen and oxygen atoms in total. The first-order valence-corrected chi connectivity index (χ1v) is 4.92. The topological polar surface area (TPSA) is 64.3 Å². The number of aryl methyl sites for hydroxylation is 1. The fourth-order valence-corrected chi connectivity index (χ4v) is 1.28. The van der Waals surface area contributed by atoms with Crippen molar-refractivity contribution in [2.75, 3.05) is 18.2 Å².